The van der Waals surface area contributed by atoms with Gasteiger partial charge in [0.1, 0.15) is 5.82 Å². The van der Waals surface area contributed by atoms with Crippen molar-refractivity contribution in [1.82, 2.24) is 5.32 Å². The Bertz CT molecular complexity index is 337. The van der Waals surface area contributed by atoms with E-state index in [1.807, 2.05) is 27.0 Å². The molecule has 0 saturated heterocycles. The number of likely N-dealkylation sites (N-methyl/N-ethyl adjacent to an activating group) is 1. The van der Waals surface area contributed by atoms with Gasteiger partial charge in [-0.05, 0) is 43.1 Å². The summed E-state index contributed by atoms with van der Waals surface area (Å²) in [6.45, 7) is 4.81. The van der Waals surface area contributed by atoms with Gasteiger partial charge in [-0.2, -0.15) is 0 Å². The van der Waals surface area contributed by atoms with E-state index in [4.69, 9.17) is 11.6 Å². The van der Waals surface area contributed by atoms with Crippen LogP contribution in [0.5, 0.6) is 0 Å². The van der Waals surface area contributed by atoms with Crippen molar-refractivity contribution in [1.29, 1.82) is 0 Å². The molecule has 0 atom stereocenters. The van der Waals surface area contributed by atoms with Crippen LogP contribution in [-0.4, -0.2) is 13.6 Å². The Hall–Kier alpha value is -0.600. The van der Waals surface area contributed by atoms with Crippen molar-refractivity contribution in [3.8, 4) is 0 Å². The van der Waals surface area contributed by atoms with E-state index in [0.29, 0.717) is 5.56 Å². The van der Waals surface area contributed by atoms with E-state index >= 15 is 0 Å². The molecule has 0 bridgehead atoms. The molecule has 1 rings (SSSR count). The Balaban J connectivity index is 3.00. The average molecular weight is 230 g/mol. The Labute approximate surface area is 95.6 Å². The molecule has 3 heteroatoms. The van der Waals surface area contributed by atoms with Gasteiger partial charge in [0.2, 0.25) is 0 Å². The van der Waals surface area contributed by atoms with Crippen molar-refractivity contribution >= 4 is 11.6 Å². The van der Waals surface area contributed by atoms with Gasteiger partial charge in [-0.3, -0.25) is 0 Å². The minimum absolute atomic E-state index is 0.164. The molecule has 0 spiro atoms. The Morgan fingerprint density at radius 2 is 2.07 bits per heavy atom. The lowest BCUT2D eigenvalue weighted by Gasteiger charge is -2.11. The molecule has 0 aliphatic heterocycles. The topological polar surface area (TPSA) is 12.0 Å². The maximum Gasteiger partial charge on any atom is 0.145 e. The van der Waals surface area contributed by atoms with Crippen LogP contribution in [-0.2, 0) is 6.42 Å². The van der Waals surface area contributed by atoms with E-state index < -0.39 is 0 Å². The second-order valence-electron chi connectivity index (χ2n) is 3.99. The Morgan fingerprint density at radius 3 is 2.60 bits per heavy atom. The molecule has 0 radical (unpaired) electrons. The molecule has 0 aliphatic rings. The van der Waals surface area contributed by atoms with Gasteiger partial charge in [0, 0.05) is 0 Å². The molecule has 1 nitrogen and oxygen atoms in total. The molecule has 1 aromatic rings. The third kappa shape index (κ3) is 3.18. The Kier molecular flexibility index (Phi) is 4.55. The first-order chi connectivity index (χ1) is 7.06. The smallest absolute Gasteiger partial charge is 0.145 e. The van der Waals surface area contributed by atoms with Crippen LogP contribution in [0.4, 0.5) is 4.39 Å². The highest BCUT2D eigenvalue weighted by molar-refractivity contribution is 6.30. The molecule has 1 N–H and O–H groups in total. The third-order valence-electron chi connectivity index (χ3n) is 2.40. The van der Waals surface area contributed by atoms with Crippen molar-refractivity contribution < 1.29 is 4.39 Å². The molecule has 0 unspecified atom stereocenters. The summed E-state index contributed by atoms with van der Waals surface area (Å²) in [6, 6.07) is 3.61. The lowest BCUT2D eigenvalue weighted by atomic mass is 9.99. The largest absolute Gasteiger partial charge is 0.319 e. The quantitative estimate of drug-likeness (QED) is 0.835. The summed E-state index contributed by atoms with van der Waals surface area (Å²) in [5.74, 6) is -0.114. The highest BCUT2D eigenvalue weighted by atomic mass is 35.5. The van der Waals surface area contributed by atoms with Crippen molar-refractivity contribution in [2.45, 2.75) is 26.2 Å². The molecular formula is C12H17ClFN. The van der Waals surface area contributed by atoms with Crippen molar-refractivity contribution in [2.75, 3.05) is 13.6 Å². The van der Waals surface area contributed by atoms with Crippen molar-refractivity contribution in [3.05, 3.63) is 34.1 Å². The minimum atomic E-state index is -0.278. The summed E-state index contributed by atoms with van der Waals surface area (Å²) in [4.78, 5) is 0. The lowest BCUT2D eigenvalue weighted by Crippen LogP contribution is -2.10. The molecule has 0 aliphatic carbocycles. The predicted molar refractivity (Wildman–Crippen MR) is 63.1 cm³/mol. The van der Waals surface area contributed by atoms with Crippen molar-refractivity contribution in [3.63, 3.8) is 0 Å². The van der Waals surface area contributed by atoms with Gasteiger partial charge >= 0.3 is 0 Å². The standard InChI is InChI=1S/C12H17ClFN/c1-8(2)10-6-9(4-5-15-3)7-11(13)12(10)14/h6-8,15H,4-5H2,1-3H3. The predicted octanol–water partition coefficient (Wildman–Crippen LogP) is 3.36. The van der Waals surface area contributed by atoms with Crippen LogP contribution < -0.4 is 5.32 Å². The zero-order valence-electron chi connectivity index (χ0n) is 9.40. The number of nitrogens with one attached hydrogen (secondary N) is 1. The second-order valence-corrected chi connectivity index (χ2v) is 4.40. The molecule has 0 fully saturated rings. The van der Waals surface area contributed by atoms with Gasteiger partial charge in [0.15, 0.2) is 0 Å². The third-order valence-corrected chi connectivity index (χ3v) is 2.68. The Morgan fingerprint density at radius 1 is 1.40 bits per heavy atom. The zero-order valence-corrected chi connectivity index (χ0v) is 10.2. The highest BCUT2D eigenvalue weighted by Gasteiger charge is 2.11. The summed E-state index contributed by atoms with van der Waals surface area (Å²) in [5, 5.41) is 3.29. The monoisotopic (exact) mass is 229 g/mol. The van der Waals surface area contributed by atoms with Gasteiger partial charge < -0.3 is 5.32 Å². The van der Waals surface area contributed by atoms with Crippen LogP contribution in [0.25, 0.3) is 0 Å². The molecule has 0 heterocycles. The van der Waals surface area contributed by atoms with Crippen LogP contribution in [0.2, 0.25) is 5.02 Å². The van der Waals surface area contributed by atoms with E-state index in [0.717, 1.165) is 18.5 Å². The zero-order chi connectivity index (χ0) is 11.4. The lowest BCUT2D eigenvalue weighted by molar-refractivity contribution is 0.597. The second kappa shape index (κ2) is 5.47. The molecule has 1 aromatic carbocycles. The average Bonchev–Trinajstić information content (AvgIpc) is 2.19. The van der Waals surface area contributed by atoms with E-state index in [1.165, 1.54) is 0 Å². The van der Waals surface area contributed by atoms with Gasteiger partial charge in [-0.15, -0.1) is 0 Å². The number of hydrogen-bond donors (Lipinski definition) is 1. The first-order valence-corrected chi connectivity index (χ1v) is 5.56. The van der Waals surface area contributed by atoms with E-state index in [9.17, 15) is 4.39 Å². The summed E-state index contributed by atoms with van der Waals surface area (Å²) in [6.07, 6.45) is 0.871. The SMILES string of the molecule is CNCCc1cc(Cl)c(F)c(C(C)C)c1. The fourth-order valence-electron chi connectivity index (χ4n) is 1.50. The van der Waals surface area contributed by atoms with Gasteiger partial charge in [-0.25, -0.2) is 4.39 Å². The van der Waals surface area contributed by atoms with Crippen LogP contribution in [0.1, 0.15) is 30.9 Å². The molecular weight excluding hydrogens is 213 g/mol. The summed E-state index contributed by atoms with van der Waals surface area (Å²) in [5.41, 5.74) is 1.79. The fourth-order valence-corrected chi connectivity index (χ4v) is 1.75. The fraction of sp³-hybridized carbons (Fsp3) is 0.500. The summed E-state index contributed by atoms with van der Waals surface area (Å²) in [7, 11) is 1.90. The number of hydrogen-bond acceptors (Lipinski definition) is 1. The summed E-state index contributed by atoms with van der Waals surface area (Å²) >= 11 is 5.85. The van der Waals surface area contributed by atoms with Gasteiger partial charge in [-0.1, -0.05) is 31.5 Å². The van der Waals surface area contributed by atoms with Crippen LogP contribution in [0.15, 0.2) is 12.1 Å². The normalized spacial score (nSPS) is 11.1. The van der Waals surface area contributed by atoms with Gasteiger partial charge in [0.05, 0.1) is 5.02 Å². The number of halogens is 2. The first-order valence-electron chi connectivity index (χ1n) is 5.18. The molecule has 0 saturated carbocycles. The number of rotatable bonds is 4. The molecule has 0 aromatic heterocycles. The maximum atomic E-state index is 13.6. The highest BCUT2D eigenvalue weighted by Crippen LogP contribution is 2.26. The van der Waals surface area contributed by atoms with Crippen LogP contribution in [0, 0.1) is 5.82 Å². The minimum Gasteiger partial charge on any atom is -0.319 e. The van der Waals surface area contributed by atoms with Crippen LogP contribution >= 0.6 is 11.6 Å². The number of benzene rings is 1. The van der Waals surface area contributed by atoms with Crippen molar-refractivity contribution in [2.24, 2.45) is 0 Å². The van der Waals surface area contributed by atoms with E-state index in [1.54, 1.807) is 6.07 Å². The van der Waals surface area contributed by atoms with E-state index in [-0.39, 0.29) is 16.8 Å². The first kappa shape index (κ1) is 12.5. The summed E-state index contributed by atoms with van der Waals surface area (Å²) < 4.78 is 13.6. The molecule has 0 amide bonds. The van der Waals surface area contributed by atoms with Crippen LogP contribution in [0.3, 0.4) is 0 Å². The molecule has 15 heavy (non-hydrogen) atoms. The van der Waals surface area contributed by atoms with Gasteiger partial charge in [0.25, 0.3) is 0 Å². The van der Waals surface area contributed by atoms with E-state index in [2.05, 4.69) is 5.32 Å². The maximum absolute atomic E-state index is 13.6. The molecule has 84 valence electrons.